The van der Waals surface area contributed by atoms with Gasteiger partial charge in [0.15, 0.2) is 0 Å². The molecule has 0 saturated carbocycles. The SMILES string of the molecule is CN(C)c1ccc([C@@H]2Oc3ccccc3C3=C2[C@H](c2ccc(Cl)cc2)n2ncnc2N3)cc1. The van der Waals surface area contributed by atoms with E-state index in [1.807, 2.05) is 61.2 Å². The maximum absolute atomic E-state index is 6.66. The molecule has 4 aromatic rings. The normalized spacial score (nSPS) is 18.5. The first-order valence-electron chi connectivity index (χ1n) is 10.8. The van der Waals surface area contributed by atoms with Crippen LogP contribution < -0.4 is 15.0 Å². The number of anilines is 2. The largest absolute Gasteiger partial charge is 0.480 e. The van der Waals surface area contributed by atoms with Crippen molar-refractivity contribution in [1.29, 1.82) is 0 Å². The van der Waals surface area contributed by atoms with E-state index in [-0.39, 0.29) is 12.1 Å². The Morgan fingerprint density at radius 3 is 2.42 bits per heavy atom. The van der Waals surface area contributed by atoms with Crippen molar-refractivity contribution in [1.82, 2.24) is 14.8 Å². The van der Waals surface area contributed by atoms with Crippen LogP contribution in [0.15, 0.2) is 84.7 Å². The molecule has 2 atom stereocenters. The molecule has 2 aliphatic heterocycles. The van der Waals surface area contributed by atoms with Crippen LogP contribution in [-0.4, -0.2) is 28.9 Å². The Morgan fingerprint density at radius 2 is 1.67 bits per heavy atom. The topological polar surface area (TPSA) is 55.2 Å². The fourth-order valence-electron chi connectivity index (χ4n) is 4.61. The van der Waals surface area contributed by atoms with Gasteiger partial charge in [0, 0.05) is 35.9 Å². The Balaban J connectivity index is 1.58. The number of nitrogens with zero attached hydrogens (tertiary/aromatic N) is 4. The minimum atomic E-state index is -0.295. The van der Waals surface area contributed by atoms with E-state index in [0.29, 0.717) is 11.0 Å². The third-order valence-corrected chi connectivity index (χ3v) is 6.47. The van der Waals surface area contributed by atoms with Gasteiger partial charge in [0.1, 0.15) is 24.2 Å². The Labute approximate surface area is 197 Å². The second kappa shape index (κ2) is 7.67. The zero-order valence-corrected chi connectivity index (χ0v) is 19.0. The van der Waals surface area contributed by atoms with Crippen LogP contribution in [0, 0.1) is 0 Å². The molecule has 1 aromatic heterocycles. The van der Waals surface area contributed by atoms with Crippen LogP contribution in [0.2, 0.25) is 5.02 Å². The van der Waals surface area contributed by atoms with E-state index >= 15 is 0 Å². The van der Waals surface area contributed by atoms with Crippen molar-refractivity contribution in [2.24, 2.45) is 0 Å². The van der Waals surface area contributed by atoms with Gasteiger partial charge < -0.3 is 15.0 Å². The molecular weight excluding hydrogens is 434 g/mol. The Morgan fingerprint density at radius 1 is 0.939 bits per heavy atom. The number of halogens is 1. The first-order chi connectivity index (χ1) is 16.1. The molecule has 0 radical (unpaired) electrons. The zero-order chi connectivity index (χ0) is 22.5. The monoisotopic (exact) mass is 455 g/mol. The van der Waals surface area contributed by atoms with Crippen LogP contribution >= 0.6 is 11.6 Å². The number of hydrogen-bond donors (Lipinski definition) is 1. The van der Waals surface area contributed by atoms with E-state index in [1.54, 1.807) is 6.33 Å². The summed E-state index contributed by atoms with van der Waals surface area (Å²) in [5.41, 5.74) is 6.40. The highest BCUT2D eigenvalue weighted by Crippen LogP contribution is 2.50. The van der Waals surface area contributed by atoms with Gasteiger partial charge in [-0.2, -0.15) is 10.1 Å². The summed E-state index contributed by atoms with van der Waals surface area (Å²) in [6.07, 6.45) is 1.29. The van der Waals surface area contributed by atoms with Crippen LogP contribution in [0.5, 0.6) is 5.75 Å². The lowest BCUT2D eigenvalue weighted by Gasteiger charge is -2.39. The lowest BCUT2D eigenvalue weighted by atomic mass is 9.84. The number of para-hydroxylation sites is 1. The lowest BCUT2D eigenvalue weighted by Crippen LogP contribution is -2.32. The number of benzene rings is 3. The summed E-state index contributed by atoms with van der Waals surface area (Å²) in [4.78, 5) is 6.57. The zero-order valence-electron chi connectivity index (χ0n) is 18.2. The Bertz CT molecular complexity index is 1360. The van der Waals surface area contributed by atoms with Crippen LogP contribution in [0.3, 0.4) is 0 Å². The summed E-state index contributed by atoms with van der Waals surface area (Å²) in [5, 5.41) is 8.79. The van der Waals surface area contributed by atoms with E-state index in [0.717, 1.165) is 39.4 Å². The fraction of sp³-hybridized carbons (Fsp3) is 0.154. The van der Waals surface area contributed by atoms with E-state index in [2.05, 4.69) is 50.6 Å². The third-order valence-electron chi connectivity index (χ3n) is 6.22. The number of fused-ring (bicyclic) bond motifs is 3. The van der Waals surface area contributed by atoms with Gasteiger partial charge in [-0.25, -0.2) is 4.68 Å². The van der Waals surface area contributed by atoms with Crippen molar-refractivity contribution in [3.63, 3.8) is 0 Å². The van der Waals surface area contributed by atoms with Gasteiger partial charge in [-0.05, 0) is 47.5 Å². The van der Waals surface area contributed by atoms with Crippen molar-refractivity contribution >= 4 is 28.9 Å². The molecular formula is C26H22ClN5O. The molecule has 0 amide bonds. The van der Waals surface area contributed by atoms with Gasteiger partial charge in [0.25, 0.3) is 0 Å². The van der Waals surface area contributed by atoms with E-state index in [9.17, 15) is 0 Å². The molecule has 0 unspecified atom stereocenters. The van der Waals surface area contributed by atoms with E-state index in [4.69, 9.17) is 16.3 Å². The molecule has 0 bridgehead atoms. The van der Waals surface area contributed by atoms with Gasteiger partial charge in [-0.3, -0.25) is 0 Å². The van der Waals surface area contributed by atoms with Gasteiger partial charge >= 0.3 is 0 Å². The molecule has 7 heteroatoms. The van der Waals surface area contributed by atoms with Crippen molar-refractivity contribution in [2.75, 3.05) is 24.3 Å². The number of ether oxygens (including phenoxy) is 1. The van der Waals surface area contributed by atoms with E-state index in [1.165, 1.54) is 0 Å². The third kappa shape index (κ3) is 3.26. The number of aromatic nitrogens is 3. The van der Waals surface area contributed by atoms with Gasteiger partial charge in [0.2, 0.25) is 5.95 Å². The predicted molar refractivity (Wildman–Crippen MR) is 131 cm³/mol. The number of rotatable bonds is 3. The molecule has 0 fully saturated rings. The van der Waals surface area contributed by atoms with Crippen molar-refractivity contribution in [3.05, 3.63) is 106 Å². The summed E-state index contributed by atoms with van der Waals surface area (Å²) in [6.45, 7) is 0. The smallest absolute Gasteiger partial charge is 0.226 e. The molecule has 0 spiro atoms. The van der Waals surface area contributed by atoms with Crippen molar-refractivity contribution in [3.8, 4) is 5.75 Å². The molecule has 33 heavy (non-hydrogen) atoms. The fourth-order valence-corrected chi connectivity index (χ4v) is 4.73. The lowest BCUT2D eigenvalue weighted by molar-refractivity contribution is 0.223. The Hall–Kier alpha value is -3.77. The first kappa shape index (κ1) is 19.9. The second-order valence-corrected chi connectivity index (χ2v) is 8.85. The summed E-state index contributed by atoms with van der Waals surface area (Å²) in [6, 6.07) is 24.3. The predicted octanol–water partition coefficient (Wildman–Crippen LogP) is 5.56. The summed E-state index contributed by atoms with van der Waals surface area (Å²) < 4.78 is 8.57. The van der Waals surface area contributed by atoms with Gasteiger partial charge in [-0.1, -0.05) is 48.0 Å². The minimum absolute atomic E-state index is 0.192. The molecule has 164 valence electrons. The first-order valence-corrected chi connectivity index (χ1v) is 11.2. The van der Waals surface area contributed by atoms with Crippen LogP contribution in [0.25, 0.3) is 5.70 Å². The van der Waals surface area contributed by atoms with Crippen molar-refractivity contribution in [2.45, 2.75) is 12.1 Å². The highest BCUT2D eigenvalue weighted by molar-refractivity contribution is 6.30. The van der Waals surface area contributed by atoms with Crippen LogP contribution in [0.1, 0.15) is 28.8 Å². The maximum atomic E-state index is 6.66. The number of hydrogen-bond acceptors (Lipinski definition) is 5. The summed E-state index contributed by atoms with van der Waals surface area (Å²) >= 11 is 6.21. The van der Waals surface area contributed by atoms with E-state index < -0.39 is 0 Å². The highest BCUT2D eigenvalue weighted by atomic mass is 35.5. The second-order valence-electron chi connectivity index (χ2n) is 8.42. The van der Waals surface area contributed by atoms with Crippen molar-refractivity contribution < 1.29 is 4.74 Å². The molecule has 3 heterocycles. The molecule has 1 N–H and O–H groups in total. The molecule has 2 aliphatic rings. The summed E-state index contributed by atoms with van der Waals surface area (Å²) in [5.74, 6) is 1.54. The molecule has 6 nitrogen and oxygen atoms in total. The molecule has 0 saturated heterocycles. The standard InChI is InChI=1S/C26H22ClN5O/c1-31(2)19-13-9-17(10-14-19)25-22-23(20-5-3-4-6-21(20)33-25)30-26-28-15-29-32(26)24(22)16-7-11-18(27)12-8-16/h3-15,24-25H,1-2H3,(H,28,29,30)/t24-,25-/m0/s1. The quantitative estimate of drug-likeness (QED) is 0.438. The Kier molecular flexibility index (Phi) is 4.62. The number of nitrogens with one attached hydrogen (secondary N) is 1. The average Bonchev–Trinajstić information content (AvgIpc) is 3.31. The van der Waals surface area contributed by atoms with Gasteiger partial charge in [0.05, 0.1) is 5.70 Å². The summed E-state index contributed by atoms with van der Waals surface area (Å²) in [7, 11) is 4.08. The molecule has 0 aliphatic carbocycles. The average molecular weight is 456 g/mol. The molecule has 3 aromatic carbocycles. The van der Waals surface area contributed by atoms with Crippen LogP contribution in [-0.2, 0) is 0 Å². The minimum Gasteiger partial charge on any atom is -0.480 e. The maximum Gasteiger partial charge on any atom is 0.226 e. The van der Waals surface area contributed by atoms with Gasteiger partial charge in [-0.15, -0.1) is 0 Å². The highest BCUT2D eigenvalue weighted by Gasteiger charge is 2.40. The molecule has 6 rings (SSSR count). The van der Waals surface area contributed by atoms with Crippen LogP contribution in [0.4, 0.5) is 11.6 Å².